The van der Waals surface area contributed by atoms with Gasteiger partial charge in [0, 0.05) is 24.3 Å². The van der Waals surface area contributed by atoms with E-state index in [0.29, 0.717) is 37.0 Å². The standard InChI is InChI=1S/C22H25F3O3/c1-3-4-15-7-5-13(11-27-15)16-10-14-9-12-6-8-17(26-2)19(24)21(12)28-22(14)20(25)18(16)23/h10,13,15H,3-9,11H2,1-2H3. The zero-order chi connectivity index (χ0) is 19.8. The topological polar surface area (TPSA) is 27.7 Å². The average molecular weight is 394 g/mol. The number of fused-ring (bicyclic) bond motifs is 1. The van der Waals surface area contributed by atoms with Crippen LogP contribution in [0.15, 0.2) is 29.0 Å². The van der Waals surface area contributed by atoms with Crippen LogP contribution < -0.4 is 4.74 Å². The second kappa shape index (κ2) is 7.82. The highest BCUT2D eigenvalue weighted by Crippen LogP contribution is 2.44. The van der Waals surface area contributed by atoms with Crippen molar-refractivity contribution < 1.29 is 27.4 Å². The highest BCUT2D eigenvalue weighted by molar-refractivity contribution is 5.50. The molecule has 1 aromatic carbocycles. The van der Waals surface area contributed by atoms with Crippen molar-refractivity contribution in [3.8, 4) is 5.75 Å². The summed E-state index contributed by atoms with van der Waals surface area (Å²) < 4.78 is 60.6. The lowest BCUT2D eigenvalue weighted by Gasteiger charge is -2.31. The molecule has 0 N–H and O–H groups in total. The van der Waals surface area contributed by atoms with Crippen molar-refractivity contribution in [2.45, 2.75) is 63.9 Å². The Hall–Kier alpha value is -1.95. The Bertz CT molecular complexity index is 836. The molecule has 152 valence electrons. The quantitative estimate of drug-likeness (QED) is 0.642. The zero-order valence-electron chi connectivity index (χ0n) is 16.2. The Morgan fingerprint density at radius 1 is 1.14 bits per heavy atom. The third-order valence-corrected chi connectivity index (χ3v) is 5.96. The Morgan fingerprint density at radius 2 is 1.96 bits per heavy atom. The number of rotatable bonds is 4. The third-order valence-electron chi connectivity index (χ3n) is 5.96. The molecule has 3 nitrogen and oxygen atoms in total. The van der Waals surface area contributed by atoms with Crippen molar-refractivity contribution in [1.82, 2.24) is 0 Å². The number of hydrogen-bond acceptors (Lipinski definition) is 3. The molecule has 2 unspecified atom stereocenters. The first-order chi connectivity index (χ1) is 13.5. The van der Waals surface area contributed by atoms with Crippen LogP contribution in [0.1, 0.15) is 62.5 Å². The molecule has 28 heavy (non-hydrogen) atoms. The third kappa shape index (κ3) is 3.32. The van der Waals surface area contributed by atoms with Gasteiger partial charge in [0.2, 0.25) is 11.6 Å². The molecule has 1 aromatic rings. The Balaban J connectivity index is 1.62. The van der Waals surface area contributed by atoms with Gasteiger partial charge in [0.05, 0.1) is 19.8 Å². The predicted octanol–water partition coefficient (Wildman–Crippen LogP) is 5.84. The van der Waals surface area contributed by atoms with Crippen LogP contribution in [0.2, 0.25) is 0 Å². The molecule has 2 heterocycles. The van der Waals surface area contributed by atoms with Crippen LogP contribution in [0.25, 0.3) is 0 Å². The Labute approximate surface area is 163 Å². The van der Waals surface area contributed by atoms with Gasteiger partial charge in [-0.15, -0.1) is 0 Å². The normalized spacial score (nSPS) is 24.6. The summed E-state index contributed by atoms with van der Waals surface area (Å²) in [7, 11) is 1.39. The Kier molecular flexibility index (Phi) is 5.41. The molecule has 0 bridgehead atoms. The molecule has 3 aliphatic rings. The molecular weight excluding hydrogens is 369 g/mol. The lowest BCUT2D eigenvalue weighted by atomic mass is 9.86. The van der Waals surface area contributed by atoms with Crippen LogP contribution in [-0.2, 0) is 15.9 Å². The molecule has 0 saturated carbocycles. The first-order valence-corrected chi connectivity index (χ1v) is 9.98. The Morgan fingerprint density at radius 3 is 2.64 bits per heavy atom. The van der Waals surface area contributed by atoms with Crippen LogP contribution in [0.4, 0.5) is 13.2 Å². The summed E-state index contributed by atoms with van der Waals surface area (Å²) in [5, 5.41) is 0. The first-order valence-electron chi connectivity index (χ1n) is 9.98. The summed E-state index contributed by atoms with van der Waals surface area (Å²) in [5.41, 5.74) is 1.66. The van der Waals surface area contributed by atoms with E-state index in [1.54, 1.807) is 6.07 Å². The summed E-state index contributed by atoms with van der Waals surface area (Å²) in [6, 6.07) is 1.68. The number of allylic oxidation sites excluding steroid dienone is 3. The zero-order valence-corrected chi connectivity index (χ0v) is 16.2. The second-order valence-electron chi connectivity index (χ2n) is 7.75. The fourth-order valence-electron chi connectivity index (χ4n) is 4.40. The van der Waals surface area contributed by atoms with Crippen molar-refractivity contribution in [1.29, 1.82) is 0 Å². The van der Waals surface area contributed by atoms with Crippen molar-refractivity contribution in [3.05, 3.63) is 51.7 Å². The van der Waals surface area contributed by atoms with E-state index in [1.807, 2.05) is 0 Å². The number of hydrogen-bond donors (Lipinski definition) is 0. The van der Waals surface area contributed by atoms with Crippen LogP contribution in [-0.4, -0.2) is 19.8 Å². The van der Waals surface area contributed by atoms with Gasteiger partial charge in [-0.25, -0.2) is 4.39 Å². The monoisotopic (exact) mass is 394 g/mol. The molecule has 1 aliphatic carbocycles. The maximum Gasteiger partial charge on any atom is 0.203 e. The predicted molar refractivity (Wildman–Crippen MR) is 98.7 cm³/mol. The van der Waals surface area contributed by atoms with Gasteiger partial charge in [-0.1, -0.05) is 13.3 Å². The van der Waals surface area contributed by atoms with Gasteiger partial charge >= 0.3 is 0 Å². The molecule has 1 saturated heterocycles. The SMILES string of the molecule is CCCC1CCC(c2cc3c(c(F)c2F)OC2=C(CCC(OC)=C2F)C3)CO1. The number of methoxy groups -OCH3 is 1. The molecule has 2 atom stereocenters. The van der Waals surface area contributed by atoms with Crippen LogP contribution in [0.5, 0.6) is 5.75 Å². The van der Waals surface area contributed by atoms with Crippen molar-refractivity contribution >= 4 is 0 Å². The van der Waals surface area contributed by atoms with Crippen LogP contribution >= 0.6 is 0 Å². The molecule has 0 spiro atoms. The van der Waals surface area contributed by atoms with E-state index in [0.717, 1.165) is 31.3 Å². The molecule has 0 radical (unpaired) electrons. The number of benzene rings is 1. The van der Waals surface area contributed by atoms with Crippen LogP contribution in [0, 0.1) is 11.6 Å². The van der Waals surface area contributed by atoms with E-state index in [-0.39, 0.29) is 29.3 Å². The van der Waals surface area contributed by atoms with E-state index in [2.05, 4.69) is 6.92 Å². The lowest BCUT2D eigenvalue weighted by molar-refractivity contribution is -0.00186. The summed E-state index contributed by atoms with van der Waals surface area (Å²) in [6.45, 7) is 2.50. The highest BCUT2D eigenvalue weighted by atomic mass is 19.2. The van der Waals surface area contributed by atoms with Gasteiger partial charge in [-0.3, -0.25) is 0 Å². The largest absolute Gasteiger partial charge is 0.498 e. The molecule has 0 aromatic heterocycles. The molecule has 2 aliphatic heterocycles. The van der Waals surface area contributed by atoms with Gasteiger partial charge in [-0.2, -0.15) is 8.78 Å². The maximum atomic E-state index is 14.8. The smallest absolute Gasteiger partial charge is 0.203 e. The number of halogens is 3. The summed E-state index contributed by atoms with van der Waals surface area (Å²) >= 11 is 0. The minimum Gasteiger partial charge on any atom is -0.498 e. The minimum absolute atomic E-state index is 0.0231. The van der Waals surface area contributed by atoms with Crippen molar-refractivity contribution in [2.24, 2.45) is 0 Å². The number of ether oxygens (including phenoxy) is 3. The molecular formula is C22H25F3O3. The van der Waals surface area contributed by atoms with Crippen LogP contribution in [0.3, 0.4) is 0 Å². The summed E-state index contributed by atoms with van der Waals surface area (Å²) in [4.78, 5) is 0. The lowest BCUT2D eigenvalue weighted by Crippen LogP contribution is -2.26. The van der Waals surface area contributed by atoms with Crippen molar-refractivity contribution in [2.75, 3.05) is 13.7 Å². The van der Waals surface area contributed by atoms with E-state index in [4.69, 9.17) is 14.2 Å². The van der Waals surface area contributed by atoms with Gasteiger partial charge in [-0.05, 0) is 42.9 Å². The summed E-state index contributed by atoms with van der Waals surface area (Å²) in [6.07, 6.45) is 5.21. The fraction of sp³-hybridized carbons (Fsp3) is 0.545. The van der Waals surface area contributed by atoms with Gasteiger partial charge in [0.15, 0.2) is 17.3 Å². The molecule has 6 heteroatoms. The van der Waals surface area contributed by atoms with E-state index < -0.39 is 17.5 Å². The molecule has 0 amide bonds. The van der Waals surface area contributed by atoms with Gasteiger partial charge < -0.3 is 14.2 Å². The second-order valence-corrected chi connectivity index (χ2v) is 7.75. The minimum atomic E-state index is -1.05. The van der Waals surface area contributed by atoms with Crippen molar-refractivity contribution in [3.63, 3.8) is 0 Å². The summed E-state index contributed by atoms with van der Waals surface area (Å²) in [5.74, 6) is -2.82. The van der Waals surface area contributed by atoms with E-state index in [1.165, 1.54) is 7.11 Å². The van der Waals surface area contributed by atoms with E-state index in [9.17, 15) is 13.2 Å². The van der Waals surface area contributed by atoms with Gasteiger partial charge in [0.25, 0.3) is 0 Å². The van der Waals surface area contributed by atoms with E-state index >= 15 is 0 Å². The molecule has 1 fully saturated rings. The van der Waals surface area contributed by atoms with Gasteiger partial charge in [0.1, 0.15) is 5.76 Å². The highest BCUT2D eigenvalue weighted by Gasteiger charge is 2.34. The maximum absolute atomic E-state index is 14.8. The fourth-order valence-corrected chi connectivity index (χ4v) is 4.40. The first kappa shape index (κ1) is 19.4. The average Bonchev–Trinajstić information content (AvgIpc) is 2.71. The molecule has 4 rings (SSSR count).